The third kappa shape index (κ3) is 4.53. The van der Waals surface area contributed by atoms with Crippen LogP contribution in [0.15, 0.2) is 30.3 Å². The van der Waals surface area contributed by atoms with Crippen LogP contribution in [-0.4, -0.2) is 46.2 Å². The number of aromatic nitrogens is 2. The van der Waals surface area contributed by atoms with Crippen molar-refractivity contribution in [3.8, 4) is 5.75 Å². The molecule has 1 fully saturated rings. The molecule has 0 saturated carbocycles. The molecule has 2 atom stereocenters. The van der Waals surface area contributed by atoms with Gasteiger partial charge in [0.1, 0.15) is 24.2 Å². The van der Waals surface area contributed by atoms with Crippen LogP contribution in [0.3, 0.4) is 0 Å². The summed E-state index contributed by atoms with van der Waals surface area (Å²) >= 11 is 0. The second-order valence-corrected chi connectivity index (χ2v) is 6.36. The monoisotopic (exact) mass is 360 g/mol. The Kier molecular flexibility index (Phi) is 5.75. The summed E-state index contributed by atoms with van der Waals surface area (Å²) in [4.78, 5) is 12.4. The summed E-state index contributed by atoms with van der Waals surface area (Å²) in [6, 6.07) is 8.71. The molecule has 1 aliphatic heterocycles. The number of aryl methyl sites for hydroxylation is 1. The molecule has 26 heavy (non-hydrogen) atoms. The molecule has 0 radical (unpaired) electrons. The van der Waals surface area contributed by atoms with Crippen LogP contribution < -0.4 is 15.8 Å². The summed E-state index contributed by atoms with van der Waals surface area (Å²) in [5.74, 6) is 0.953. The third-order valence-electron chi connectivity index (χ3n) is 4.26. The molecule has 8 heteroatoms. The molecule has 2 aromatic rings. The summed E-state index contributed by atoms with van der Waals surface area (Å²) in [5, 5.41) is 16.3. The number of nitrogens with one attached hydrogen (secondary N) is 1. The molecule has 1 aliphatic rings. The lowest BCUT2D eigenvalue weighted by molar-refractivity contribution is -0.125. The molecule has 140 valence electrons. The minimum Gasteiger partial charge on any atom is -0.488 e. The van der Waals surface area contributed by atoms with Gasteiger partial charge in [0.25, 0.3) is 0 Å². The zero-order valence-corrected chi connectivity index (χ0v) is 14.7. The highest BCUT2D eigenvalue weighted by atomic mass is 16.5. The molecule has 1 aromatic heterocycles. The molecule has 0 bridgehead atoms. The van der Waals surface area contributed by atoms with E-state index in [9.17, 15) is 4.79 Å². The van der Waals surface area contributed by atoms with Crippen LogP contribution in [0.25, 0.3) is 0 Å². The van der Waals surface area contributed by atoms with Gasteiger partial charge in [0, 0.05) is 12.5 Å². The number of benzene rings is 1. The number of hydrogen-bond acceptors (Lipinski definition) is 6. The lowest BCUT2D eigenvalue weighted by Crippen LogP contribution is -2.52. The van der Waals surface area contributed by atoms with Crippen LogP contribution >= 0.6 is 0 Å². The molecule has 8 nitrogen and oxygen atoms in total. The molecule has 2 heterocycles. The Morgan fingerprint density at radius 2 is 2.23 bits per heavy atom. The first-order valence-corrected chi connectivity index (χ1v) is 8.58. The number of ether oxygens (including phenoxy) is 2. The van der Waals surface area contributed by atoms with Gasteiger partial charge in [0.2, 0.25) is 5.91 Å². The Labute approximate surface area is 151 Å². The summed E-state index contributed by atoms with van der Waals surface area (Å²) in [5.41, 5.74) is 7.42. The fourth-order valence-electron chi connectivity index (χ4n) is 2.92. The SMILES string of the molecule is Cc1cc(N)n(CC(=O)N[C@@H]2COCC[C@H]2Oc2ccc(CO)cc2)n1. The maximum atomic E-state index is 12.4. The van der Waals surface area contributed by atoms with Crippen LogP contribution in [0, 0.1) is 6.92 Å². The second-order valence-electron chi connectivity index (χ2n) is 6.36. The number of carbonyl (C=O) groups is 1. The number of nitrogens with two attached hydrogens (primary N) is 1. The Morgan fingerprint density at radius 3 is 2.88 bits per heavy atom. The van der Waals surface area contributed by atoms with Gasteiger partial charge in [-0.05, 0) is 24.6 Å². The lowest BCUT2D eigenvalue weighted by Gasteiger charge is -2.32. The fourth-order valence-corrected chi connectivity index (χ4v) is 2.92. The van der Waals surface area contributed by atoms with Crippen LogP contribution in [0.2, 0.25) is 0 Å². The van der Waals surface area contributed by atoms with E-state index in [-0.39, 0.29) is 31.2 Å². The molecule has 0 spiro atoms. The van der Waals surface area contributed by atoms with Gasteiger partial charge in [-0.2, -0.15) is 5.10 Å². The molecule has 0 unspecified atom stereocenters. The first-order valence-electron chi connectivity index (χ1n) is 8.58. The average Bonchev–Trinajstić information content (AvgIpc) is 2.94. The van der Waals surface area contributed by atoms with Crippen molar-refractivity contribution in [2.45, 2.75) is 38.6 Å². The lowest BCUT2D eigenvalue weighted by atomic mass is 10.1. The van der Waals surface area contributed by atoms with E-state index in [4.69, 9.17) is 20.3 Å². The van der Waals surface area contributed by atoms with Gasteiger partial charge in [-0.3, -0.25) is 4.79 Å². The normalized spacial score (nSPS) is 19.9. The highest BCUT2D eigenvalue weighted by Crippen LogP contribution is 2.19. The van der Waals surface area contributed by atoms with Crippen molar-refractivity contribution in [1.29, 1.82) is 0 Å². The van der Waals surface area contributed by atoms with Crippen molar-refractivity contribution in [2.75, 3.05) is 18.9 Å². The Morgan fingerprint density at radius 1 is 1.46 bits per heavy atom. The fraction of sp³-hybridized carbons (Fsp3) is 0.444. The topological polar surface area (TPSA) is 112 Å². The molecular weight excluding hydrogens is 336 g/mol. The largest absolute Gasteiger partial charge is 0.488 e. The van der Waals surface area contributed by atoms with E-state index in [1.807, 2.05) is 31.2 Å². The smallest absolute Gasteiger partial charge is 0.242 e. The van der Waals surface area contributed by atoms with E-state index in [1.54, 1.807) is 6.07 Å². The van der Waals surface area contributed by atoms with Crippen molar-refractivity contribution in [1.82, 2.24) is 15.1 Å². The van der Waals surface area contributed by atoms with Gasteiger partial charge in [0.05, 0.1) is 31.6 Å². The zero-order chi connectivity index (χ0) is 18.5. The Hall–Kier alpha value is -2.58. The highest BCUT2D eigenvalue weighted by Gasteiger charge is 2.29. The van der Waals surface area contributed by atoms with E-state index in [1.165, 1.54) is 4.68 Å². The van der Waals surface area contributed by atoms with Crippen molar-refractivity contribution in [2.24, 2.45) is 0 Å². The van der Waals surface area contributed by atoms with E-state index in [2.05, 4.69) is 10.4 Å². The predicted octanol–water partition coefficient (Wildman–Crippen LogP) is 0.619. The number of carbonyl (C=O) groups excluding carboxylic acids is 1. The van der Waals surface area contributed by atoms with Crippen molar-refractivity contribution in [3.05, 3.63) is 41.6 Å². The van der Waals surface area contributed by atoms with Crippen LogP contribution in [0.5, 0.6) is 5.75 Å². The van der Waals surface area contributed by atoms with Gasteiger partial charge in [0.15, 0.2) is 0 Å². The Bertz CT molecular complexity index is 744. The standard InChI is InChI=1S/C18H24N4O4/c1-12-8-17(19)22(21-12)9-18(24)20-15-11-25-7-6-16(15)26-14-4-2-13(10-23)3-5-14/h2-5,8,15-16,23H,6-7,9-11,19H2,1H3,(H,20,24)/t15-,16-/m1/s1. The van der Waals surface area contributed by atoms with Crippen LogP contribution in [0.4, 0.5) is 5.82 Å². The first kappa shape index (κ1) is 18.2. The zero-order valence-electron chi connectivity index (χ0n) is 14.7. The quantitative estimate of drug-likeness (QED) is 0.696. The molecule has 3 rings (SSSR count). The number of hydrogen-bond donors (Lipinski definition) is 3. The van der Waals surface area contributed by atoms with Gasteiger partial charge >= 0.3 is 0 Å². The van der Waals surface area contributed by atoms with Gasteiger partial charge < -0.3 is 25.6 Å². The highest BCUT2D eigenvalue weighted by molar-refractivity contribution is 5.76. The maximum absolute atomic E-state index is 12.4. The van der Waals surface area contributed by atoms with Crippen LogP contribution in [0.1, 0.15) is 17.7 Å². The third-order valence-corrected chi connectivity index (χ3v) is 4.26. The molecule has 0 aliphatic carbocycles. The first-order chi connectivity index (χ1) is 12.5. The predicted molar refractivity (Wildman–Crippen MR) is 95.5 cm³/mol. The van der Waals surface area contributed by atoms with Crippen molar-refractivity contribution < 1.29 is 19.4 Å². The van der Waals surface area contributed by atoms with Crippen LogP contribution in [-0.2, 0) is 22.7 Å². The number of amides is 1. The molecular formula is C18H24N4O4. The summed E-state index contributed by atoms with van der Waals surface area (Å²) < 4.78 is 13.0. The summed E-state index contributed by atoms with van der Waals surface area (Å²) in [7, 11) is 0. The number of nitrogen functional groups attached to an aromatic ring is 1. The minimum atomic E-state index is -0.258. The number of anilines is 1. The average molecular weight is 360 g/mol. The molecule has 1 amide bonds. The van der Waals surface area contributed by atoms with Gasteiger partial charge in [-0.15, -0.1) is 0 Å². The molecule has 4 N–H and O–H groups in total. The van der Waals surface area contributed by atoms with E-state index >= 15 is 0 Å². The van der Waals surface area contributed by atoms with Gasteiger partial charge in [-0.1, -0.05) is 12.1 Å². The maximum Gasteiger partial charge on any atom is 0.242 e. The van der Waals surface area contributed by atoms with E-state index < -0.39 is 0 Å². The number of rotatable bonds is 6. The summed E-state index contributed by atoms with van der Waals surface area (Å²) in [6.07, 6.45) is 0.486. The van der Waals surface area contributed by atoms with Crippen molar-refractivity contribution >= 4 is 11.7 Å². The summed E-state index contributed by atoms with van der Waals surface area (Å²) in [6.45, 7) is 2.84. The molecule has 1 saturated heterocycles. The van der Waals surface area contributed by atoms with Gasteiger partial charge in [-0.25, -0.2) is 4.68 Å². The molecule has 1 aromatic carbocycles. The van der Waals surface area contributed by atoms with Crippen molar-refractivity contribution in [3.63, 3.8) is 0 Å². The number of aliphatic hydroxyl groups is 1. The number of nitrogens with zero attached hydrogens (tertiary/aromatic N) is 2. The van der Waals surface area contributed by atoms with E-state index in [0.29, 0.717) is 31.2 Å². The second kappa shape index (κ2) is 8.20. The Balaban J connectivity index is 1.60. The minimum absolute atomic E-state index is 0.00767. The van der Waals surface area contributed by atoms with E-state index in [0.717, 1.165) is 11.3 Å². The number of aliphatic hydroxyl groups excluding tert-OH is 1.